The van der Waals surface area contributed by atoms with E-state index >= 15 is 0 Å². The van der Waals surface area contributed by atoms with E-state index in [1.807, 2.05) is 24.3 Å². The van der Waals surface area contributed by atoms with Crippen LogP contribution in [0.1, 0.15) is 69.4 Å². The molecule has 1 aromatic heterocycles. The number of carboxylic acids is 1. The lowest BCUT2D eigenvalue weighted by Gasteiger charge is -2.46. The lowest BCUT2D eigenvalue weighted by molar-refractivity contribution is -0.167. The number of pyridine rings is 1. The van der Waals surface area contributed by atoms with Gasteiger partial charge in [-0.3, -0.25) is 24.8 Å². The summed E-state index contributed by atoms with van der Waals surface area (Å²) in [7, 11) is 0. The molecule has 3 atom stereocenters. The second-order valence-corrected chi connectivity index (χ2v) is 13.6. The molecule has 5 rings (SSSR count). The van der Waals surface area contributed by atoms with Gasteiger partial charge in [0.2, 0.25) is 11.8 Å². The molecule has 3 saturated heterocycles. The Hall–Kier alpha value is -5.01. The average Bonchev–Trinajstić information content (AvgIpc) is 3.14. The Bertz CT molecular complexity index is 1500. The first-order chi connectivity index (χ1) is 25.1. The van der Waals surface area contributed by atoms with Gasteiger partial charge in [0, 0.05) is 58.1 Å². The zero-order chi connectivity index (χ0) is 37.5. The molecule has 0 radical (unpaired) electrons. The fourth-order valence-corrected chi connectivity index (χ4v) is 7.03. The largest absolute Gasteiger partial charge is 0.480 e. The van der Waals surface area contributed by atoms with Crippen molar-refractivity contribution in [1.29, 1.82) is 5.41 Å². The van der Waals surface area contributed by atoms with Gasteiger partial charge < -0.3 is 30.3 Å². The van der Waals surface area contributed by atoms with Crippen molar-refractivity contribution < 1.29 is 33.8 Å². The third kappa shape index (κ3) is 11.5. The number of piperidine rings is 1. The summed E-state index contributed by atoms with van der Waals surface area (Å²) >= 11 is 0. The summed E-state index contributed by atoms with van der Waals surface area (Å²) in [4.78, 5) is 71.5. The van der Waals surface area contributed by atoms with Crippen molar-refractivity contribution in [2.45, 2.75) is 77.2 Å². The van der Waals surface area contributed by atoms with Crippen LogP contribution in [0, 0.1) is 17.2 Å². The molecular formula is C38H53N7O7. The van der Waals surface area contributed by atoms with Crippen LogP contribution in [0.15, 0.2) is 54.9 Å². The second kappa shape index (κ2) is 20.1. The second-order valence-electron chi connectivity index (χ2n) is 13.6. The summed E-state index contributed by atoms with van der Waals surface area (Å²) in [5, 5.41) is 17.5. The molecule has 2 aromatic rings. The minimum atomic E-state index is -1.17. The number of esters is 1. The van der Waals surface area contributed by atoms with Crippen LogP contribution in [-0.2, 0) is 36.8 Å². The van der Waals surface area contributed by atoms with Crippen LogP contribution in [0.25, 0.3) is 0 Å². The maximum atomic E-state index is 13.1. The predicted octanol–water partition coefficient (Wildman–Crippen LogP) is 3.54. The zero-order valence-corrected chi connectivity index (χ0v) is 30.2. The van der Waals surface area contributed by atoms with Crippen molar-refractivity contribution in [2.24, 2.45) is 17.6 Å². The van der Waals surface area contributed by atoms with Crippen LogP contribution >= 0.6 is 0 Å². The summed E-state index contributed by atoms with van der Waals surface area (Å²) in [5.74, 6) is -2.20. The molecule has 14 heteroatoms. The molecule has 0 saturated carbocycles. The summed E-state index contributed by atoms with van der Waals surface area (Å²) in [5.41, 5.74) is 7.80. The van der Waals surface area contributed by atoms with Gasteiger partial charge in [0.05, 0.1) is 18.9 Å². The number of nitrogens with one attached hydrogen (secondary N) is 1. The normalized spacial score (nSPS) is 19.9. The van der Waals surface area contributed by atoms with E-state index < -0.39 is 29.9 Å². The lowest BCUT2D eigenvalue weighted by atomic mass is 9.80. The number of amides is 4. The summed E-state index contributed by atoms with van der Waals surface area (Å²) < 4.78 is 4.78. The lowest BCUT2D eigenvalue weighted by Crippen LogP contribution is -2.69. The number of unbranched alkanes of at least 4 members (excludes halogenated alkanes) is 2. The minimum Gasteiger partial charge on any atom is -0.480 e. The zero-order valence-electron chi connectivity index (χ0n) is 30.2. The first kappa shape index (κ1) is 39.8. The van der Waals surface area contributed by atoms with Gasteiger partial charge in [0.25, 0.3) is 0 Å². The first-order valence-electron chi connectivity index (χ1n) is 18.4. The van der Waals surface area contributed by atoms with E-state index in [1.54, 1.807) is 35.2 Å². The van der Waals surface area contributed by atoms with E-state index in [4.69, 9.17) is 15.9 Å². The van der Waals surface area contributed by atoms with Gasteiger partial charge in [-0.05, 0) is 75.0 Å². The number of carbonyl (C=O) groups excluding carboxylic acids is 4. The maximum Gasteiger partial charge on any atom is 0.327 e. The Labute approximate surface area is 305 Å². The molecule has 52 heavy (non-hydrogen) atoms. The molecule has 3 fully saturated rings. The number of piperazine rings is 1. The average molecular weight is 720 g/mol. The van der Waals surface area contributed by atoms with Crippen molar-refractivity contribution in [1.82, 2.24) is 24.6 Å². The maximum absolute atomic E-state index is 13.1. The fourth-order valence-electron chi connectivity index (χ4n) is 7.03. The Kier molecular flexibility index (Phi) is 15.4. The predicted molar refractivity (Wildman–Crippen MR) is 194 cm³/mol. The number of nitrogens with two attached hydrogens (primary N) is 1. The first-order valence-corrected chi connectivity index (χ1v) is 18.4. The number of aryl methyl sites for hydroxylation is 1. The SMILES string of the molecule is CCOC(=O)Cc1cccnc1.N=C(N)N1CCCC(CC[C@H]2C(=O)N(C(=O)N3CCN(C(=O)CCCCCc4ccccc4)CC3)C2C(=O)O)C1. The van der Waals surface area contributed by atoms with Crippen molar-refractivity contribution in [3.8, 4) is 0 Å². The van der Waals surface area contributed by atoms with Crippen LogP contribution in [0.5, 0.6) is 0 Å². The van der Waals surface area contributed by atoms with Gasteiger partial charge in [0.1, 0.15) is 0 Å². The van der Waals surface area contributed by atoms with Gasteiger partial charge in [-0.2, -0.15) is 0 Å². The third-order valence-electron chi connectivity index (χ3n) is 9.90. The van der Waals surface area contributed by atoms with Crippen molar-refractivity contribution in [3.63, 3.8) is 0 Å². The highest BCUT2D eigenvalue weighted by molar-refractivity contribution is 6.07. The van der Waals surface area contributed by atoms with E-state index in [0.717, 1.165) is 55.5 Å². The fraction of sp³-hybridized carbons (Fsp3) is 0.553. The van der Waals surface area contributed by atoms with Crippen LogP contribution in [0.4, 0.5) is 4.79 Å². The van der Waals surface area contributed by atoms with Crippen LogP contribution in [0.3, 0.4) is 0 Å². The van der Waals surface area contributed by atoms with Crippen molar-refractivity contribution in [3.05, 3.63) is 66.0 Å². The number of aliphatic carboxylic acids is 1. The highest BCUT2D eigenvalue weighted by Crippen LogP contribution is 2.34. The monoisotopic (exact) mass is 719 g/mol. The number of ether oxygens (including phenoxy) is 1. The van der Waals surface area contributed by atoms with Crippen molar-refractivity contribution in [2.75, 3.05) is 45.9 Å². The third-order valence-corrected chi connectivity index (χ3v) is 9.90. The molecule has 0 aliphatic carbocycles. The summed E-state index contributed by atoms with van der Waals surface area (Å²) in [6, 6.07) is 12.2. The van der Waals surface area contributed by atoms with Gasteiger partial charge in [-0.15, -0.1) is 0 Å². The summed E-state index contributed by atoms with van der Waals surface area (Å²) in [6.45, 7) is 4.91. The highest BCUT2D eigenvalue weighted by Gasteiger charge is 2.55. The van der Waals surface area contributed by atoms with Crippen LogP contribution in [0.2, 0.25) is 0 Å². The number of guanidine groups is 1. The number of carbonyl (C=O) groups is 5. The standard InChI is InChI=1S/C29H42N6O5.C9H11NO2/c30-28(31)34-15-7-11-22(20-34)13-14-23-25(27(38)39)35(26(23)37)29(40)33-18-16-32(17-19-33)24(36)12-6-2-5-10-21-8-3-1-4-9-21;1-2-12-9(11)6-8-4-3-5-10-7-8/h1,3-4,8-9,22-23,25H,2,5-7,10-20H2,(H3,30,31)(H,38,39);3-5,7H,2,6H2,1H3/t22?,23-,25?;/m1./s1. The molecule has 0 spiro atoms. The van der Waals surface area contributed by atoms with E-state index in [-0.39, 0.29) is 36.8 Å². The number of likely N-dealkylation sites (tertiary alicyclic amines) is 2. The number of urea groups is 1. The number of imide groups is 1. The number of rotatable bonds is 13. The molecule has 2 unspecified atom stereocenters. The Morgan fingerprint density at radius 3 is 2.29 bits per heavy atom. The van der Waals surface area contributed by atoms with Gasteiger partial charge in [-0.1, -0.05) is 42.8 Å². The molecule has 282 valence electrons. The van der Waals surface area contributed by atoms with Crippen molar-refractivity contribution >= 4 is 35.7 Å². The van der Waals surface area contributed by atoms with Gasteiger partial charge in [0.15, 0.2) is 12.0 Å². The Morgan fingerprint density at radius 2 is 1.63 bits per heavy atom. The van der Waals surface area contributed by atoms with E-state index in [2.05, 4.69) is 17.1 Å². The molecule has 4 amide bonds. The highest BCUT2D eigenvalue weighted by atomic mass is 16.5. The molecule has 3 aliphatic heterocycles. The number of hydrogen-bond donors (Lipinski definition) is 3. The number of benzene rings is 1. The molecule has 0 bridgehead atoms. The van der Waals surface area contributed by atoms with Crippen LogP contribution < -0.4 is 5.73 Å². The topological polar surface area (TPSA) is 191 Å². The molecule has 4 N–H and O–H groups in total. The number of aromatic nitrogens is 1. The van der Waals surface area contributed by atoms with Crippen LogP contribution in [-0.4, -0.2) is 117 Å². The molecule has 3 aliphatic rings. The summed E-state index contributed by atoms with van der Waals surface area (Å²) in [6.07, 6.45) is 10.8. The van der Waals surface area contributed by atoms with Gasteiger partial charge >= 0.3 is 18.0 Å². The Balaban J connectivity index is 0.000000427. The smallest absolute Gasteiger partial charge is 0.327 e. The number of hydrogen-bond acceptors (Lipinski definition) is 8. The minimum absolute atomic E-state index is 0.0326. The molecule has 4 heterocycles. The molecule has 1 aromatic carbocycles. The number of β-lactam (4-membered cyclic amide) rings is 1. The number of nitrogens with zero attached hydrogens (tertiary/aromatic N) is 5. The molecular weight excluding hydrogens is 666 g/mol. The van der Waals surface area contributed by atoms with E-state index in [1.165, 1.54) is 10.5 Å². The molecule has 14 nitrogen and oxygen atoms in total. The van der Waals surface area contributed by atoms with E-state index in [0.29, 0.717) is 51.9 Å². The number of carboxylic acid groups (broad SMARTS) is 1. The van der Waals surface area contributed by atoms with E-state index in [9.17, 15) is 29.1 Å². The van der Waals surface area contributed by atoms with Gasteiger partial charge in [-0.25, -0.2) is 14.5 Å². The Morgan fingerprint density at radius 1 is 0.923 bits per heavy atom. The quantitative estimate of drug-likeness (QED) is 0.0908.